The van der Waals surface area contributed by atoms with Gasteiger partial charge in [0.05, 0.1) is 12.5 Å². The van der Waals surface area contributed by atoms with Crippen LogP contribution in [0.5, 0.6) is 5.75 Å². The van der Waals surface area contributed by atoms with E-state index in [1.807, 2.05) is 30.5 Å². The molecule has 1 atom stereocenters. The summed E-state index contributed by atoms with van der Waals surface area (Å²) in [7, 11) is 1.51. The molecule has 0 fully saturated rings. The molecule has 0 amide bonds. The number of ether oxygens (including phenoxy) is 1. The molecule has 0 radical (unpaired) electrons. The van der Waals surface area contributed by atoms with Gasteiger partial charge in [0.15, 0.2) is 0 Å². The van der Waals surface area contributed by atoms with Crippen LogP contribution in [0.1, 0.15) is 16.5 Å². The van der Waals surface area contributed by atoms with Crippen LogP contribution in [0.3, 0.4) is 0 Å². The minimum Gasteiger partial charge on any atom is -0.497 e. The largest absolute Gasteiger partial charge is 0.497 e. The molecule has 0 aromatic heterocycles. The maximum atomic E-state index is 14.0. The fraction of sp³-hybridized carbons (Fsp3) is 0.200. The van der Waals surface area contributed by atoms with Crippen molar-refractivity contribution in [3.8, 4) is 5.75 Å². The van der Waals surface area contributed by atoms with Crippen molar-refractivity contribution in [3.05, 3.63) is 59.4 Å². The smallest absolute Gasteiger partial charge is 0.131 e. The second-order valence-electron chi connectivity index (χ2n) is 4.02. The predicted octanol–water partition coefficient (Wildman–Crippen LogP) is 4.88. The summed E-state index contributed by atoms with van der Waals surface area (Å²) in [5.41, 5.74) is 1.34. The lowest BCUT2D eigenvalue weighted by molar-refractivity contribution is 0.410. The molecule has 0 aliphatic heterocycles. The molecule has 2 rings (SSSR count). The van der Waals surface area contributed by atoms with Crippen LogP contribution in [0.4, 0.5) is 4.39 Å². The van der Waals surface area contributed by atoms with Gasteiger partial charge in [-0.25, -0.2) is 4.39 Å². The Hall–Kier alpha value is -1.19. The SMILES string of the molecule is COc1ccc(C(Cl)c2ccc(SC)cc2)c(F)c1. The molecular weight excluding hydrogens is 283 g/mol. The topological polar surface area (TPSA) is 9.23 Å². The van der Waals surface area contributed by atoms with E-state index < -0.39 is 5.38 Å². The van der Waals surface area contributed by atoms with Gasteiger partial charge in [-0.2, -0.15) is 0 Å². The minimum absolute atomic E-state index is 0.353. The van der Waals surface area contributed by atoms with Gasteiger partial charge in [-0.3, -0.25) is 0 Å². The molecule has 1 nitrogen and oxygen atoms in total. The highest BCUT2D eigenvalue weighted by molar-refractivity contribution is 7.98. The lowest BCUT2D eigenvalue weighted by Crippen LogP contribution is -1.97. The first-order chi connectivity index (χ1) is 9.15. The molecule has 0 N–H and O–H groups in total. The Balaban J connectivity index is 2.29. The Bertz CT molecular complexity index is 557. The van der Waals surface area contributed by atoms with Crippen LogP contribution in [0, 0.1) is 5.82 Å². The number of hydrogen-bond acceptors (Lipinski definition) is 2. The Kier molecular flexibility index (Phi) is 4.72. The van der Waals surface area contributed by atoms with Crippen molar-refractivity contribution >= 4 is 23.4 Å². The zero-order valence-corrected chi connectivity index (χ0v) is 12.3. The van der Waals surface area contributed by atoms with Gasteiger partial charge in [-0.15, -0.1) is 23.4 Å². The monoisotopic (exact) mass is 296 g/mol. The van der Waals surface area contributed by atoms with Gasteiger partial charge >= 0.3 is 0 Å². The summed E-state index contributed by atoms with van der Waals surface area (Å²) in [6, 6.07) is 12.5. The van der Waals surface area contributed by atoms with E-state index in [2.05, 4.69) is 0 Å². The highest BCUT2D eigenvalue weighted by atomic mass is 35.5. The Morgan fingerprint density at radius 2 is 1.84 bits per heavy atom. The highest BCUT2D eigenvalue weighted by Crippen LogP contribution is 2.32. The van der Waals surface area contributed by atoms with Crippen molar-refractivity contribution in [1.29, 1.82) is 0 Å². The average molecular weight is 297 g/mol. The van der Waals surface area contributed by atoms with Crippen LogP contribution < -0.4 is 4.74 Å². The molecule has 0 aliphatic carbocycles. The van der Waals surface area contributed by atoms with Gasteiger partial charge in [0.2, 0.25) is 0 Å². The lowest BCUT2D eigenvalue weighted by atomic mass is 10.0. The molecule has 0 saturated heterocycles. The zero-order chi connectivity index (χ0) is 13.8. The number of halogens is 2. The second kappa shape index (κ2) is 6.31. The van der Waals surface area contributed by atoms with Gasteiger partial charge in [0.1, 0.15) is 11.6 Å². The summed E-state index contributed by atoms with van der Waals surface area (Å²) in [6.45, 7) is 0. The number of alkyl halides is 1. The predicted molar refractivity (Wildman–Crippen MR) is 78.9 cm³/mol. The first-order valence-corrected chi connectivity index (χ1v) is 7.43. The molecule has 0 bridgehead atoms. The van der Waals surface area contributed by atoms with Crippen LogP contribution in [-0.2, 0) is 0 Å². The molecule has 2 aromatic rings. The summed E-state index contributed by atoms with van der Waals surface area (Å²) >= 11 is 8.00. The second-order valence-corrected chi connectivity index (χ2v) is 5.34. The fourth-order valence-corrected chi connectivity index (χ4v) is 2.52. The van der Waals surface area contributed by atoms with Gasteiger partial charge in [0.25, 0.3) is 0 Å². The van der Waals surface area contributed by atoms with Crippen molar-refractivity contribution in [3.63, 3.8) is 0 Å². The van der Waals surface area contributed by atoms with Crippen molar-refractivity contribution in [2.24, 2.45) is 0 Å². The summed E-state index contributed by atoms with van der Waals surface area (Å²) in [4.78, 5) is 1.16. The molecule has 0 heterocycles. The molecule has 100 valence electrons. The van der Waals surface area contributed by atoms with Crippen LogP contribution in [0.25, 0.3) is 0 Å². The number of hydrogen-bond donors (Lipinski definition) is 0. The van der Waals surface area contributed by atoms with Crippen molar-refractivity contribution in [1.82, 2.24) is 0 Å². The molecule has 0 spiro atoms. The standard InChI is InChI=1S/C15H14ClFOS/c1-18-11-5-8-13(14(17)9-11)15(16)10-3-6-12(19-2)7-4-10/h3-9,15H,1-2H3. The number of rotatable bonds is 4. The minimum atomic E-state index is -0.498. The molecule has 0 saturated carbocycles. The van der Waals surface area contributed by atoms with Crippen molar-refractivity contribution in [2.45, 2.75) is 10.3 Å². The van der Waals surface area contributed by atoms with Crippen molar-refractivity contribution < 1.29 is 9.13 Å². The number of thioether (sulfide) groups is 1. The van der Waals surface area contributed by atoms with E-state index in [4.69, 9.17) is 16.3 Å². The van der Waals surface area contributed by atoms with Crippen LogP contribution in [-0.4, -0.2) is 13.4 Å². The quantitative estimate of drug-likeness (QED) is 0.587. The maximum absolute atomic E-state index is 14.0. The first-order valence-electron chi connectivity index (χ1n) is 5.77. The van der Waals surface area contributed by atoms with Crippen LogP contribution in [0.2, 0.25) is 0 Å². The zero-order valence-electron chi connectivity index (χ0n) is 10.7. The van der Waals surface area contributed by atoms with Gasteiger partial charge in [-0.1, -0.05) is 18.2 Å². The Labute approximate surface area is 121 Å². The summed E-state index contributed by atoms with van der Waals surface area (Å²) in [5.74, 6) is 0.135. The van der Waals surface area contributed by atoms with E-state index in [0.717, 1.165) is 10.5 Å². The normalized spacial score (nSPS) is 12.2. The third-order valence-electron chi connectivity index (χ3n) is 2.89. The summed E-state index contributed by atoms with van der Waals surface area (Å²) in [6.07, 6.45) is 2.01. The van der Waals surface area contributed by atoms with E-state index in [0.29, 0.717) is 11.3 Å². The maximum Gasteiger partial charge on any atom is 0.131 e. The Morgan fingerprint density at radius 1 is 1.16 bits per heavy atom. The molecule has 2 aromatic carbocycles. The van der Waals surface area contributed by atoms with Gasteiger partial charge < -0.3 is 4.74 Å². The highest BCUT2D eigenvalue weighted by Gasteiger charge is 2.15. The van der Waals surface area contributed by atoms with Crippen LogP contribution in [0.15, 0.2) is 47.4 Å². The molecule has 1 unspecified atom stereocenters. The lowest BCUT2D eigenvalue weighted by Gasteiger charge is -2.12. The van der Waals surface area contributed by atoms with Crippen LogP contribution >= 0.6 is 23.4 Å². The average Bonchev–Trinajstić information content (AvgIpc) is 2.46. The molecular formula is C15H14ClFOS. The van der Waals surface area contributed by atoms with E-state index in [1.165, 1.54) is 13.2 Å². The molecule has 19 heavy (non-hydrogen) atoms. The number of benzene rings is 2. The Morgan fingerprint density at radius 3 is 2.37 bits per heavy atom. The van der Waals surface area contributed by atoms with Gasteiger partial charge in [0, 0.05) is 16.5 Å². The third kappa shape index (κ3) is 3.23. The fourth-order valence-electron chi connectivity index (χ4n) is 1.79. The number of methoxy groups -OCH3 is 1. The van der Waals surface area contributed by atoms with E-state index in [1.54, 1.807) is 23.9 Å². The van der Waals surface area contributed by atoms with Gasteiger partial charge in [-0.05, 0) is 30.0 Å². The summed E-state index contributed by atoms with van der Waals surface area (Å²) in [5, 5.41) is -0.498. The first kappa shape index (κ1) is 14.2. The molecule has 0 aliphatic rings. The van der Waals surface area contributed by atoms with E-state index in [-0.39, 0.29) is 5.82 Å². The van der Waals surface area contributed by atoms with E-state index in [9.17, 15) is 4.39 Å². The van der Waals surface area contributed by atoms with Crippen molar-refractivity contribution in [2.75, 3.05) is 13.4 Å². The summed E-state index contributed by atoms with van der Waals surface area (Å²) < 4.78 is 18.9. The molecule has 4 heteroatoms. The third-order valence-corrected chi connectivity index (χ3v) is 4.12. The van der Waals surface area contributed by atoms with E-state index >= 15 is 0 Å².